The van der Waals surface area contributed by atoms with Crippen molar-refractivity contribution in [2.45, 2.75) is 19.9 Å². The molecule has 1 atom stereocenters. The molecule has 0 saturated heterocycles. The molecule has 0 saturated carbocycles. The summed E-state index contributed by atoms with van der Waals surface area (Å²) in [5.41, 5.74) is 6.34. The minimum absolute atomic E-state index is 0.231. The number of aromatic nitrogens is 2. The van der Waals surface area contributed by atoms with Gasteiger partial charge in [0, 0.05) is 12.6 Å². The second-order valence-electron chi connectivity index (χ2n) is 3.53. The molecule has 0 aliphatic rings. The van der Waals surface area contributed by atoms with Crippen molar-refractivity contribution in [1.82, 2.24) is 9.97 Å². The molecule has 0 amide bonds. The van der Waals surface area contributed by atoms with E-state index in [2.05, 4.69) is 15.3 Å². The lowest BCUT2D eigenvalue weighted by Gasteiger charge is -2.11. The van der Waals surface area contributed by atoms with Crippen LogP contribution in [0.4, 0.5) is 5.82 Å². The van der Waals surface area contributed by atoms with E-state index in [0.29, 0.717) is 6.54 Å². The molecular weight excluding hydrogens is 208 g/mol. The molecule has 15 heavy (non-hydrogen) atoms. The molecule has 0 fully saturated rings. The summed E-state index contributed by atoms with van der Waals surface area (Å²) in [5, 5.41) is 4.26. The molecule has 3 N–H and O–H groups in total. The van der Waals surface area contributed by atoms with E-state index in [9.17, 15) is 0 Å². The van der Waals surface area contributed by atoms with Crippen LogP contribution in [-0.4, -0.2) is 22.6 Å². The summed E-state index contributed by atoms with van der Waals surface area (Å²) >= 11 is 1.66. The van der Waals surface area contributed by atoms with Crippen LogP contribution in [0.3, 0.4) is 0 Å². The molecule has 0 bridgehead atoms. The summed E-state index contributed by atoms with van der Waals surface area (Å²) in [7, 11) is 0. The van der Waals surface area contributed by atoms with Gasteiger partial charge in [-0.3, -0.25) is 0 Å². The maximum Gasteiger partial charge on any atom is 0.172 e. The minimum Gasteiger partial charge on any atom is -0.366 e. The number of pyridine rings is 1. The summed E-state index contributed by atoms with van der Waals surface area (Å²) in [5.74, 6) is 0.839. The standard InChI is InChI=1S/C10H14N4S/c1-6(5-11)12-9-4-3-8-10(14-9)13-7(2)15-8/h3-4,6H,5,11H2,1-2H3,(H,12,14). The van der Waals surface area contributed by atoms with E-state index in [1.165, 1.54) is 0 Å². The van der Waals surface area contributed by atoms with Crippen LogP contribution in [0, 0.1) is 6.92 Å². The fourth-order valence-corrected chi connectivity index (χ4v) is 2.09. The lowest BCUT2D eigenvalue weighted by molar-refractivity contribution is 0.799. The fourth-order valence-electron chi connectivity index (χ4n) is 1.32. The number of nitrogens with zero attached hydrogens (tertiary/aromatic N) is 2. The van der Waals surface area contributed by atoms with Crippen LogP contribution in [0.25, 0.3) is 10.3 Å². The first-order valence-corrected chi connectivity index (χ1v) is 5.71. The Bertz CT molecular complexity index is 465. The summed E-state index contributed by atoms with van der Waals surface area (Å²) < 4.78 is 1.12. The van der Waals surface area contributed by atoms with Crippen molar-refractivity contribution in [1.29, 1.82) is 0 Å². The normalized spacial score (nSPS) is 13.0. The van der Waals surface area contributed by atoms with E-state index < -0.39 is 0 Å². The molecule has 0 radical (unpaired) electrons. The van der Waals surface area contributed by atoms with E-state index in [1.54, 1.807) is 11.3 Å². The number of hydrogen-bond donors (Lipinski definition) is 2. The Labute approximate surface area is 92.5 Å². The molecule has 2 aromatic rings. The summed E-state index contributed by atoms with van der Waals surface area (Å²) in [6.45, 7) is 4.61. The van der Waals surface area contributed by atoms with E-state index >= 15 is 0 Å². The van der Waals surface area contributed by atoms with Crippen molar-refractivity contribution in [3.63, 3.8) is 0 Å². The Morgan fingerprint density at radius 2 is 2.27 bits per heavy atom. The van der Waals surface area contributed by atoms with Gasteiger partial charge in [0.1, 0.15) is 5.82 Å². The van der Waals surface area contributed by atoms with Crippen LogP contribution in [0.2, 0.25) is 0 Å². The smallest absolute Gasteiger partial charge is 0.172 e. The average molecular weight is 222 g/mol. The molecule has 5 heteroatoms. The molecular formula is C10H14N4S. The molecule has 2 rings (SSSR count). The number of hydrogen-bond acceptors (Lipinski definition) is 5. The molecule has 1 unspecified atom stereocenters. The minimum atomic E-state index is 0.231. The van der Waals surface area contributed by atoms with Gasteiger partial charge in [0.05, 0.1) is 9.71 Å². The van der Waals surface area contributed by atoms with E-state index in [-0.39, 0.29) is 6.04 Å². The molecule has 0 aliphatic carbocycles. The Balaban J connectivity index is 2.30. The van der Waals surface area contributed by atoms with Gasteiger partial charge < -0.3 is 11.1 Å². The number of nitrogens with one attached hydrogen (secondary N) is 1. The average Bonchev–Trinajstić information content (AvgIpc) is 2.57. The number of anilines is 1. The summed E-state index contributed by atoms with van der Waals surface area (Å²) in [4.78, 5) is 8.76. The molecule has 4 nitrogen and oxygen atoms in total. The van der Waals surface area contributed by atoms with Crippen molar-refractivity contribution in [3.05, 3.63) is 17.1 Å². The largest absolute Gasteiger partial charge is 0.366 e. The Hall–Kier alpha value is -1.20. The number of nitrogens with two attached hydrogens (primary N) is 1. The third kappa shape index (κ3) is 2.24. The van der Waals surface area contributed by atoms with Crippen molar-refractivity contribution < 1.29 is 0 Å². The summed E-state index contributed by atoms with van der Waals surface area (Å²) in [6.07, 6.45) is 0. The zero-order valence-corrected chi connectivity index (χ0v) is 9.64. The maximum absolute atomic E-state index is 5.53. The van der Waals surface area contributed by atoms with Crippen LogP contribution >= 0.6 is 11.3 Å². The molecule has 0 aliphatic heterocycles. The number of fused-ring (bicyclic) bond motifs is 1. The van der Waals surface area contributed by atoms with E-state index in [4.69, 9.17) is 5.73 Å². The third-order valence-electron chi connectivity index (χ3n) is 2.11. The third-order valence-corrected chi connectivity index (χ3v) is 3.03. The van der Waals surface area contributed by atoms with Gasteiger partial charge in [-0.1, -0.05) is 0 Å². The predicted molar refractivity (Wildman–Crippen MR) is 64.3 cm³/mol. The van der Waals surface area contributed by atoms with Crippen LogP contribution < -0.4 is 11.1 Å². The van der Waals surface area contributed by atoms with Crippen molar-refractivity contribution in [3.8, 4) is 0 Å². The number of aryl methyl sites for hydroxylation is 1. The zero-order valence-electron chi connectivity index (χ0n) is 8.82. The van der Waals surface area contributed by atoms with Crippen LogP contribution in [0.5, 0.6) is 0 Å². The van der Waals surface area contributed by atoms with E-state index in [0.717, 1.165) is 21.2 Å². The number of rotatable bonds is 3. The van der Waals surface area contributed by atoms with Gasteiger partial charge in [0.15, 0.2) is 5.65 Å². The van der Waals surface area contributed by atoms with Gasteiger partial charge in [-0.25, -0.2) is 9.97 Å². The highest BCUT2D eigenvalue weighted by Gasteiger charge is 2.04. The Morgan fingerprint density at radius 3 is 3.00 bits per heavy atom. The monoisotopic (exact) mass is 222 g/mol. The first-order valence-electron chi connectivity index (χ1n) is 4.90. The Morgan fingerprint density at radius 1 is 1.47 bits per heavy atom. The van der Waals surface area contributed by atoms with Crippen molar-refractivity contribution >= 4 is 27.5 Å². The molecule has 2 heterocycles. The summed E-state index contributed by atoms with van der Waals surface area (Å²) in [6, 6.07) is 4.24. The van der Waals surface area contributed by atoms with Gasteiger partial charge in [-0.15, -0.1) is 11.3 Å². The first kappa shape index (κ1) is 10.3. The van der Waals surface area contributed by atoms with Gasteiger partial charge >= 0.3 is 0 Å². The highest BCUT2D eigenvalue weighted by atomic mass is 32.1. The second-order valence-corrected chi connectivity index (χ2v) is 4.77. The zero-order chi connectivity index (χ0) is 10.8. The van der Waals surface area contributed by atoms with Gasteiger partial charge in [0.25, 0.3) is 0 Å². The topological polar surface area (TPSA) is 63.8 Å². The van der Waals surface area contributed by atoms with Gasteiger partial charge in [-0.2, -0.15) is 0 Å². The van der Waals surface area contributed by atoms with Gasteiger partial charge in [0.2, 0.25) is 0 Å². The van der Waals surface area contributed by atoms with E-state index in [1.807, 2.05) is 26.0 Å². The molecule has 0 aromatic carbocycles. The molecule has 2 aromatic heterocycles. The lowest BCUT2D eigenvalue weighted by atomic mass is 10.3. The van der Waals surface area contributed by atoms with Gasteiger partial charge in [-0.05, 0) is 26.0 Å². The predicted octanol–water partition coefficient (Wildman–Crippen LogP) is 1.76. The quantitative estimate of drug-likeness (QED) is 0.830. The lowest BCUT2D eigenvalue weighted by Crippen LogP contribution is -2.25. The molecule has 0 spiro atoms. The SMILES string of the molecule is Cc1nc2nc(NC(C)CN)ccc2s1. The molecule has 80 valence electrons. The second kappa shape index (κ2) is 4.12. The van der Waals surface area contributed by atoms with Crippen LogP contribution in [-0.2, 0) is 0 Å². The van der Waals surface area contributed by atoms with Crippen LogP contribution in [0.1, 0.15) is 11.9 Å². The fraction of sp³-hybridized carbons (Fsp3) is 0.400. The van der Waals surface area contributed by atoms with Crippen LogP contribution in [0.15, 0.2) is 12.1 Å². The highest BCUT2D eigenvalue weighted by molar-refractivity contribution is 7.18. The first-order chi connectivity index (χ1) is 7.19. The van der Waals surface area contributed by atoms with Crippen molar-refractivity contribution in [2.75, 3.05) is 11.9 Å². The maximum atomic E-state index is 5.53. The highest BCUT2D eigenvalue weighted by Crippen LogP contribution is 2.21. The Kier molecular flexibility index (Phi) is 2.83. The van der Waals surface area contributed by atoms with Crippen molar-refractivity contribution in [2.24, 2.45) is 5.73 Å². The number of thiazole rings is 1.